The smallest absolute Gasteiger partial charge is 0.228 e. The molecule has 0 bridgehead atoms. The van der Waals surface area contributed by atoms with Gasteiger partial charge in [0.1, 0.15) is 11.0 Å². The highest BCUT2D eigenvalue weighted by Crippen LogP contribution is 2.30. The summed E-state index contributed by atoms with van der Waals surface area (Å²) in [5.41, 5.74) is 7.55. The van der Waals surface area contributed by atoms with E-state index in [1.165, 1.54) is 0 Å². The highest BCUT2D eigenvalue weighted by atomic mass is 35.5. The predicted molar refractivity (Wildman–Crippen MR) is 83.1 cm³/mol. The highest BCUT2D eigenvalue weighted by Gasteiger charge is 2.20. The molecular formula is C13H17ClN4OS. The Kier molecular flexibility index (Phi) is 4.91. The van der Waals surface area contributed by atoms with E-state index < -0.39 is 0 Å². The van der Waals surface area contributed by atoms with Gasteiger partial charge in [-0.05, 0) is 24.5 Å². The van der Waals surface area contributed by atoms with Crippen molar-refractivity contribution in [1.82, 2.24) is 8.75 Å². The van der Waals surface area contributed by atoms with Gasteiger partial charge in [0.2, 0.25) is 5.91 Å². The molecule has 0 radical (unpaired) electrons. The van der Waals surface area contributed by atoms with E-state index in [0.717, 1.165) is 23.7 Å². The molecule has 108 valence electrons. The lowest BCUT2D eigenvalue weighted by molar-refractivity contribution is -0.120. The third kappa shape index (κ3) is 3.26. The summed E-state index contributed by atoms with van der Waals surface area (Å²) in [4.78, 5) is 12.3. The Labute approximate surface area is 126 Å². The first kappa shape index (κ1) is 15.2. The molecule has 2 aromatic rings. The van der Waals surface area contributed by atoms with E-state index in [9.17, 15) is 4.79 Å². The van der Waals surface area contributed by atoms with Crippen molar-refractivity contribution in [2.45, 2.75) is 20.3 Å². The maximum atomic E-state index is 12.3. The zero-order chi connectivity index (χ0) is 14.7. The van der Waals surface area contributed by atoms with Gasteiger partial charge in [-0.3, -0.25) is 4.79 Å². The van der Waals surface area contributed by atoms with Crippen LogP contribution < -0.4 is 11.1 Å². The van der Waals surface area contributed by atoms with E-state index in [4.69, 9.17) is 17.3 Å². The second-order valence-electron chi connectivity index (χ2n) is 5.11. The van der Waals surface area contributed by atoms with E-state index >= 15 is 0 Å². The molecule has 0 saturated carbocycles. The van der Waals surface area contributed by atoms with Crippen molar-refractivity contribution in [2.24, 2.45) is 17.6 Å². The van der Waals surface area contributed by atoms with Gasteiger partial charge in [0.15, 0.2) is 0 Å². The van der Waals surface area contributed by atoms with Gasteiger partial charge in [-0.1, -0.05) is 25.4 Å². The Morgan fingerprint density at radius 2 is 2.20 bits per heavy atom. The zero-order valence-electron chi connectivity index (χ0n) is 11.4. The molecule has 3 N–H and O–H groups in total. The summed E-state index contributed by atoms with van der Waals surface area (Å²) in [5.74, 6) is 0.0537. The molecule has 5 nitrogen and oxygen atoms in total. The number of halogens is 1. The average Bonchev–Trinajstić information content (AvgIpc) is 2.87. The van der Waals surface area contributed by atoms with Crippen LogP contribution in [0.5, 0.6) is 0 Å². The molecule has 0 spiro atoms. The summed E-state index contributed by atoms with van der Waals surface area (Å²) in [6.07, 6.45) is 0.741. The molecule has 1 aromatic heterocycles. The van der Waals surface area contributed by atoms with Crippen LogP contribution >= 0.6 is 23.3 Å². The first-order valence-corrected chi connectivity index (χ1v) is 7.55. The number of rotatable bonds is 5. The van der Waals surface area contributed by atoms with Crippen LogP contribution in [0.3, 0.4) is 0 Å². The summed E-state index contributed by atoms with van der Waals surface area (Å²) in [6, 6.07) is 3.49. The Balaban J connectivity index is 2.24. The van der Waals surface area contributed by atoms with Crippen molar-refractivity contribution in [3.05, 3.63) is 17.2 Å². The monoisotopic (exact) mass is 312 g/mol. The summed E-state index contributed by atoms with van der Waals surface area (Å²) >= 11 is 7.24. The topological polar surface area (TPSA) is 80.9 Å². The second-order valence-corrected chi connectivity index (χ2v) is 6.04. The van der Waals surface area contributed by atoms with E-state index in [1.54, 1.807) is 12.1 Å². The van der Waals surface area contributed by atoms with Crippen molar-refractivity contribution >= 4 is 46.0 Å². The van der Waals surface area contributed by atoms with Gasteiger partial charge in [-0.25, -0.2) is 0 Å². The maximum absolute atomic E-state index is 12.3. The van der Waals surface area contributed by atoms with Crippen molar-refractivity contribution in [2.75, 3.05) is 11.9 Å². The van der Waals surface area contributed by atoms with Gasteiger partial charge < -0.3 is 11.1 Å². The number of carbonyl (C=O) groups is 1. The molecule has 0 aliphatic rings. The molecule has 1 aromatic carbocycles. The molecule has 7 heteroatoms. The lowest BCUT2D eigenvalue weighted by Gasteiger charge is -2.17. The molecular weight excluding hydrogens is 296 g/mol. The van der Waals surface area contributed by atoms with Gasteiger partial charge in [0, 0.05) is 6.54 Å². The highest BCUT2D eigenvalue weighted by molar-refractivity contribution is 7.00. The number of amides is 1. The summed E-state index contributed by atoms with van der Waals surface area (Å²) < 4.78 is 8.32. The second kappa shape index (κ2) is 6.47. The number of benzene rings is 1. The SMILES string of the molecule is CC(C)CC(CN)C(=O)Nc1c(Cl)ccc2nsnc12. The number of nitrogens with two attached hydrogens (primary N) is 1. The summed E-state index contributed by atoms with van der Waals surface area (Å²) in [6.45, 7) is 4.44. The van der Waals surface area contributed by atoms with Crippen molar-refractivity contribution < 1.29 is 4.79 Å². The van der Waals surface area contributed by atoms with Gasteiger partial charge >= 0.3 is 0 Å². The maximum Gasteiger partial charge on any atom is 0.228 e. The van der Waals surface area contributed by atoms with Crippen LogP contribution in [0.4, 0.5) is 5.69 Å². The molecule has 2 rings (SSSR count). The first-order chi connectivity index (χ1) is 9.52. The zero-order valence-corrected chi connectivity index (χ0v) is 13.0. The minimum Gasteiger partial charge on any atom is -0.330 e. The fraction of sp³-hybridized carbons (Fsp3) is 0.462. The van der Waals surface area contributed by atoms with Gasteiger partial charge in [0.25, 0.3) is 0 Å². The van der Waals surface area contributed by atoms with E-state index in [-0.39, 0.29) is 11.8 Å². The third-order valence-electron chi connectivity index (χ3n) is 3.04. The molecule has 1 atom stereocenters. The molecule has 0 saturated heterocycles. The van der Waals surface area contributed by atoms with Gasteiger partial charge in [-0.2, -0.15) is 8.75 Å². The number of anilines is 1. The molecule has 0 aliphatic carbocycles. The normalized spacial score (nSPS) is 12.8. The molecule has 0 aliphatic heterocycles. The van der Waals surface area contributed by atoms with Crippen LogP contribution in [0.25, 0.3) is 11.0 Å². The number of carbonyl (C=O) groups excluding carboxylic acids is 1. The van der Waals surface area contributed by atoms with E-state index in [2.05, 4.69) is 27.9 Å². The summed E-state index contributed by atoms with van der Waals surface area (Å²) in [7, 11) is 0. The van der Waals surface area contributed by atoms with E-state index in [1.807, 2.05) is 0 Å². The van der Waals surface area contributed by atoms with Crippen LogP contribution in [-0.4, -0.2) is 21.2 Å². The van der Waals surface area contributed by atoms with Gasteiger partial charge in [-0.15, -0.1) is 0 Å². The number of aromatic nitrogens is 2. The van der Waals surface area contributed by atoms with Crippen molar-refractivity contribution in [3.63, 3.8) is 0 Å². The largest absolute Gasteiger partial charge is 0.330 e. The minimum atomic E-state index is -0.229. The number of hydrogen-bond acceptors (Lipinski definition) is 5. The average molecular weight is 313 g/mol. The fourth-order valence-electron chi connectivity index (χ4n) is 2.05. The lowest BCUT2D eigenvalue weighted by atomic mass is 9.96. The molecule has 1 unspecified atom stereocenters. The van der Waals surface area contributed by atoms with Gasteiger partial charge in [0.05, 0.1) is 28.4 Å². The number of nitrogens with one attached hydrogen (secondary N) is 1. The third-order valence-corrected chi connectivity index (χ3v) is 3.89. The number of hydrogen-bond donors (Lipinski definition) is 2. The molecule has 20 heavy (non-hydrogen) atoms. The summed E-state index contributed by atoms with van der Waals surface area (Å²) in [5, 5.41) is 3.31. The minimum absolute atomic E-state index is 0.122. The molecule has 0 fully saturated rings. The number of fused-ring (bicyclic) bond motifs is 1. The van der Waals surface area contributed by atoms with Crippen LogP contribution in [-0.2, 0) is 4.79 Å². The standard InChI is InChI=1S/C13H17ClN4OS/c1-7(2)5-8(6-15)13(19)16-11-9(14)3-4-10-12(11)18-20-17-10/h3-4,7-8H,5-6,15H2,1-2H3,(H,16,19). The lowest BCUT2D eigenvalue weighted by Crippen LogP contribution is -2.30. The Morgan fingerprint density at radius 3 is 2.85 bits per heavy atom. The van der Waals surface area contributed by atoms with Crippen molar-refractivity contribution in [3.8, 4) is 0 Å². The fourth-order valence-corrected chi connectivity index (χ4v) is 2.79. The van der Waals surface area contributed by atoms with Crippen LogP contribution in [0.2, 0.25) is 5.02 Å². The van der Waals surface area contributed by atoms with Crippen molar-refractivity contribution in [1.29, 1.82) is 0 Å². The van der Waals surface area contributed by atoms with Crippen LogP contribution in [0, 0.1) is 11.8 Å². The van der Waals surface area contributed by atoms with E-state index in [0.29, 0.717) is 28.7 Å². The van der Waals surface area contributed by atoms with Crippen LogP contribution in [0.15, 0.2) is 12.1 Å². The Hall–Kier alpha value is -1.24. The molecule has 1 amide bonds. The quantitative estimate of drug-likeness (QED) is 0.889. The Bertz CT molecular complexity index is 613. The number of nitrogens with zero attached hydrogens (tertiary/aromatic N) is 2. The van der Waals surface area contributed by atoms with Crippen LogP contribution in [0.1, 0.15) is 20.3 Å². The predicted octanol–water partition coefficient (Wildman–Crippen LogP) is 2.90. The molecule has 1 heterocycles. The Morgan fingerprint density at radius 1 is 1.45 bits per heavy atom. The first-order valence-electron chi connectivity index (χ1n) is 6.44.